The minimum atomic E-state index is -1.62. The molecule has 8 heteroatoms. The van der Waals surface area contributed by atoms with Crippen LogP contribution in [-0.2, 0) is 11.2 Å². The predicted molar refractivity (Wildman–Crippen MR) is 76.2 cm³/mol. The van der Waals surface area contributed by atoms with E-state index < -0.39 is 31.2 Å². The van der Waals surface area contributed by atoms with Crippen molar-refractivity contribution in [1.29, 1.82) is 0 Å². The smallest absolute Gasteiger partial charge is 0.173 e. The van der Waals surface area contributed by atoms with Gasteiger partial charge in [-0.1, -0.05) is 0 Å². The van der Waals surface area contributed by atoms with E-state index in [0.717, 1.165) is 36.2 Å². The van der Waals surface area contributed by atoms with Gasteiger partial charge in [-0.2, -0.15) is 0 Å². The van der Waals surface area contributed by atoms with E-state index in [2.05, 4.69) is 15.3 Å². The van der Waals surface area contributed by atoms with Crippen LogP contribution in [0, 0.1) is 0 Å². The van der Waals surface area contributed by atoms with Crippen molar-refractivity contribution in [3.63, 3.8) is 0 Å². The van der Waals surface area contributed by atoms with E-state index in [1.807, 2.05) is 6.20 Å². The van der Waals surface area contributed by atoms with Crippen LogP contribution in [0.15, 0.2) is 12.5 Å². The molecule has 3 N–H and O–H groups in total. The number of aliphatic hydroxyl groups excluding tert-OH is 2. The van der Waals surface area contributed by atoms with Crippen LogP contribution in [0.5, 0.6) is 0 Å². The molecule has 0 radical (unpaired) electrons. The Morgan fingerprint density at radius 3 is 3.09 bits per heavy atom. The van der Waals surface area contributed by atoms with E-state index >= 15 is 0 Å². The summed E-state index contributed by atoms with van der Waals surface area (Å²) in [5.74, 6) is 0.740. The Morgan fingerprint density at radius 2 is 2.32 bits per heavy atom. The molecule has 118 valence electrons. The van der Waals surface area contributed by atoms with Gasteiger partial charge in [-0.3, -0.25) is 0 Å². The molecule has 4 atom stereocenters. The molecule has 2 aromatic rings. The molecule has 0 amide bonds. The van der Waals surface area contributed by atoms with E-state index in [0.29, 0.717) is 5.65 Å². The second-order valence-corrected chi connectivity index (χ2v) is 5.70. The van der Waals surface area contributed by atoms with Crippen molar-refractivity contribution >= 4 is 16.9 Å². The van der Waals surface area contributed by atoms with Crippen molar-refractivity contribution in [2.45, 2.75) is 37.4 Å². The minimum Gasteiger partial charge on any atom is -0.394 e. The van der Waals surface area contributed by atoms with Crippen LogP contribution in [-0.4, -0.2) is 56.3 Å². The highest BCUT2D eigenvalue weighted by Gasteiger charge is 2.45. The number of alkyl halides is 1. The maximum absolute atomic E-state index is 14.4. The fourth-order valence-corrected chi connectivity index (χ4v) is 3.24. The van der Waals surface area contributed by atoms with Crippen molar-refractivity contribution in [1.82, 2.24) is 14.5 Å². The first-order chi connectivity index (χ1) is 10.7. The van der Waals surface area contributed by atoms with E-state index in [9.17, 15) is 14.6 Å². The summed E-state index contributed by atoms with van der Waals surface area (Å²) in [6.07, 6.45) is 0.156. The number of nitrogens with one attached hydrogen (secondary N) is 1. The highest BCUT2D eigenvalue weighted by Crippen LogP contribution is 2.37. The standard InChI is InChI=1S/C14H17FN4O3/c15-10-11(21)8(5-20)22-14(10)19-4-7-2-1-3-16-12-9(7)13(19)18-6-17-12/h4,6,8,10-11,14,20-21H,1-3,5H2,(H,16,17,18)/t8-,10+,11?,14-/m1/s1. The molecule has 2 aliphatic heterocycles. The highest BCUT2D eigenvalue weighted by molar-refractivity contribution is 5.91. The highest BCUT2D eigenvalue weighted by atomic mass is 19.1. The van der Waals surface area contributed by atoms with Gasteiger partial charge >= 0.3 is 0 Å². The Morgan fingerprint density at radius 1 is 1.45 bits per heavy atom. The van der Waals surface area contributed by atoms with Gasteiger partial charge < -0.3 is 24.8 Å². The maximum atomic E-state index is 14.4. The first-order valence-corrected chi connectivity index (χ1v) is 7.37. The van der Waals surface area contributed by atoms with Gasteiger partial charge in [0.25, 0.3) is 0 Å². The number of aromatic nitrogens is 3. The lowest BCUT2D eigenvalue weighted by atomic mass is 10.1. The molecule has 1 fully saturated rings. The number of aliphatic hydroxyl groups is 2. The molecule has 1 saturated heterocycles. The van der Waals surface area contributed by atoms with Crippen LogP contribution >= 0.6 is 0 Å². The fourth-order valence-electron chi connectivity index (χ4n) is 3.24. The van der Waals surface area contributed by atoms with Gasteiger partial charge in [-0.05, 0) is 18.4 Å². The van der Waals surface area contributed by atoms with E-state index in [1.54, 1.807) is 4.57 Å². The normalized spacial score (nSPS) is 31.2. The zero-order valence-corrected chi connectivity index (χ0v) is 11.8. The molecule has 0 saturated carbocycles. The summed E-state index contributed by atoms with van der Waals surface area (Å²) in [5, 5.41) is 23.1. The number of aryl methyl sites for hydroxylation is 1. The molecule has 2 aromatic heterocycles. The van der Waals surface area contributed by atoms with E-state index in [-0.39, 0.29) is 0 Å². The molecule has 2 aliphatic rings. The average molecular weight is 308 g/mol. The zero-order chi connectivity index (χ0) is 15.3. The monoisotopic (exact) mass is 308 g/mol. The number of ether oxygens (including phenoxy) is 1. The van der Waals surface area contributed by atoms with Crippen LogP contribution in [0.3, 0.4) is 0 Å². The Bertz CT molecular complexity index is 707. The van der Waals surface area contributed by atoms with Gasteiger partial charge in [0.2, 0.25) is 0 Å². The summed E-state index contributed by atoms with van der Waals surface area (Å²) < 4.78 is 21.5. The number of hydrogen-bond donors (Lipinski definition) is 3. The topological polar surface area (TPSA) is 92.4 Å². The summed E-state index contributed by atoms with van der Waals surface area (Å²) in [7, 11) is 0. The first-order valence-electron chi connectivity index (χ1n) is 7.37. The Balaban J connectivity index is 1.83. The molecule has 4 rings (SSSR count). The summed E-state index contributed by atoms with van der Waals surface area (Å²) in [6, 6.07) is 0. The molecule has 0 aromatic carbocycles. The molecule has 0 spiro atoms. The summed E-state index contributed by atoms with van der Waals surface area (Å²) in [4.78, 5) is 8.51. The SMILES string of the molecule is OC[C@H]1O[C@@H](n2cc3c4c(ncnc42)NCCC3)[C@@H](F)C1O. The summed E-state index contributed by atoms with van der Waals surface area (Å²) in [6.45, 7) is 0.406. The average Bonchev–Trinajstić information content (AvgIpc) is 2.94. The number of rotatable bonds is 2. The van der Waals surface area contributed by atoms with Gasteiger partial charge in [0, 0.05) is 12.7 Å². The fraction of sp³-hybridized carbons (Fsp3) is 0.571. The lowest BCUT2D eigenvalue weighted by molar-refractivity contribution is -0.0457. The minimum absolute atomic E-state index is 0.425. The molecule has 7 nitrogen and oxygen atoms in total. The first kappa shape index (κ1) is 13.9. The van der Waals surface area contributed by atoms with Gasteiger partial charge in [-0.25, -0.2) is 14.4 Å². The molecular formula is C14H17FN4O3. The lowest BCUT2D eigenvalue weighted by Crippen LogP contribution is -2.30. The molecule has 22 heavy (non-hydrogen) atoms. The van der Waals surface area contributed by atoms with Gasteiger partial charge in [0.1, 0.15) is 30.0 Å². The third-order valence-electron chi connectivity index (χ3n) is 4.35. The quantitative estimate of drug-likeness (QED) is 0.743. The number of halogens is 1. The van der Waals surface area contributed by atoms with E-state index in [1.165, 1.54) is 6.33 Å². The number of anilines is 1. The molecule has 0 aliphatic carbocycles. The van der Waals surface area contributed by atoms with Crippen molar-refractivity contribution < 1.29 is 19.3 Å². The van der Waals surface area contributed by atoms with E-state index in [4.69, 9.17) is 4.74 Å². The second-order valence-electron chi connectivity index (χ2n) is 5.70. The molecule has 1 unspecified atom stereocenters. The van der Waals surface area contributed by atoms with Crippen molar-refractivity contribution in [3.8, 4) is 0 Å². The van der Waals surface area contributed by atoms with Gasteiger partial charge in [0.15, 0.2) is 12.4 Å². The Kier molecular flexibility index (Phi) is 3.24. The van der Waals surface area contributed by atoms with Gasteiger partial charge in [-0.15, -0.1) is 0 Å². The third kappa shape index (κ3) is 1.91. The lowest BCUT2D eigenvalue weighted by Gasteiger charge is -2.16. The predicted octanol–water partition coefficient (Wildman–Crippen LogP) is 0.378. The van der Waals surface area contributed by atoms with Crippen molar-refractivity contribution in [2.75, 3.05) is 18.5 Å². The second kappa shape index (κ2) is 5.15. The van der Waals surface area contributed by atoms with Crippen LogP contribution in [0.1, 0.15) is 18.2 Å². The van der Waals surface area contributed by atoms with Crippen LogP contribution in [0.25, 0.3) is 11.0 Å². The number of hydrogen-bond acceptors (Lipinski definition) is 6. The van der Waals surface area contributed by atoms with Crippen molar-refractivity contribution in [2.24, 2.45) is 0 Å². The largest absolute Gasteiger partial charge is 0.394 e. The maximum Gasteiger partial charge on any atom is 0.173 e. The van der Waals surface area contributed by atoms with Crippen LogP contribution in [0.4, 0.5) is 10.2 Å². The number of nitrogens with zero attached hydrogens (tertiary/aromatic N) is 3. The third-order valence-corrected chi connectivity index (χ3v) is 4.35. The molecule has 4 heterocycles. The summed E-state index contributed by atoms with van der Waals surface area (Å²) >= 11 is 0. The molecular weight excluding hydrogens is 291 g/mol. The van der Waals surface area contributed by atoms with Crippen molar-refractivity contribution in [3.05, 3.63) is 18.1 Å². The molecule has 0 bridgehead atoms. The van der Waals surface area contributed by atoms with Crippen LogP contribution < -0.4 is 5.32 Å². The Labute approximate surface area is 125 Å². The van der Waals surface area contributed by atoms with Gasteiger partial charge in [0.05, 0.1) is 12.0 Å². The Hall–Kier alpha value is -1.77. The van der Waals surface area contributed by atoms with Crippen LogP contribution in [0.2, 0.25) is 0 Å². The zero-order valence-electron chi connectivity index (χ0n) is 11.8. The summed E-state index contributed by atoms with van der Waals surface area (Å²) in [5.41, 5.74) is 1.61.